The minimum Gasteiger partial charge on any atom is -0.382 e. The van der Waals surface area contributed by atoms with Crippen molar-refractivity contribution in [1.29, 1.82) is 0 Å². The third-order valence-electron chi connectivity index (χ3n) is 4.04. The highest BCUT2D eigenvalue weighted by Gasteiger charge is 2.29. The molecule has 2 atom stereocenters. The fourth-order valence-electron chi connectivity index (χ4n) is 2.77. The van der Waals surface area contributed by atoms with E-state index in [4.69, 9.17) is 0 Å². The van der Waals surface area contributed by atoms with Crippen molar-refractivity contribution in [3.63, 3.8) is 0 Å². The molecule has 1 aromatic carbocycles. The smallest absolute Gasteiger partial charge is 0.225 e. The number of nitrogens with one attached hydrogen (secondary N) is 2. The number of carbonyl (C=O) groups excluding carboxylic acids is 1. The van der Waals surface area contributed by atoms with E-state index in [9.17, 15) is 4.79 Å². The van der Waals surface area contributed by atoms with Crippen molar-refractivity contribution < 1.29 is 4.79 Å². The van der Waals surface area contributed by atoms with Crippen molar-refractivity contribution in [2.75, 3.05) is 11.9 Å². The Hall–Kier alpha value is -1.51. The second-order valence-electron chi connectivity index (χ2n) is 6.23. The van der Waals surface area contributed by atoms with E-state index in [0.717, 1.165) is 19.4 Å². The molecule has 0 saturated heterocycles. The number of carbonyl (C=O) groups is 1. The molecule has 20 heavy (non-hydrogen) atoms. The van der Waals surface area contributed by atoms with Crippen LogP contribution >= 0.6 is 0 Å². The average molecular weight is 274 g/mol. The first-order valence-electron chi connectivity index (χ1n) is 7.70. The standard InChI is InChI=1S/C17H26N2O/c1-12(2)7-6-10-18-17(20)15-11-14-8-4-5-9-16(14)19-13(15)3/h4-5,8-9,12-13,15,19H,6-7,10-11H2,1-3H3,(H,18,20). The molecule has 0 aromatic heterocycles. The highest BCUT2D eigenvalue weighted by atomic mass is 16.1. The first-order valence-corrected chi connectivity index (χ1v) is 7.70. The first kappa shape index (κ1) is 14.9. The van der Waals surface area contributed by atoms with Gasteiger partial charge in [0.1, 0.15) is 0 Å². The van der Waals surface area contributed by atoms with Crippen LogP contribution < -0.4 is 10.6 Å². The molecule has 0 bridgehead atoms. The molecule has 1 aliphatic heterocycles. The first-order chi connectivity index (χ1) is 9.58. The minimum atomic E-state index is 0.0314. The van der Waals surface area contributed by atoms with E-state index in [1.807, 2.05) is 12.1 Å². The molecule has 1 heterocycles. The van der Waals surface area contributed by atoms with E-state index in [0.29, 0.717) is 5.92 Å². The summed E-state index contributed by atoms with van der Waals surface area (Å²) in [7, 11) is 0. The summed E-state index contributed by atoms with van der Waals surface area (Å²) in [5, 5.41) is 6.53. The summed E-state index contributed by atoms with van der Waals surface area (Å²) in [6.45, 7) is 7.31. The number of hydrogen-bond acceptors (Lipinski definition) is 2. The maximum atomic E-state index is 12.3. The topological polar surface area (TPSA) is 41.1 Å². The summed E-state index contributed by atoms with van der Waals surface area (Å²) < 4.78 is 0. The fourth-order valence-corrected chi connectivity index (χ4v) is 2.77. The molecule has 0 spiro atoms. The maximum Gasteiger partial charge on any atom is 0.225 e. The Morgan fingerprint density at radius 3 is 2.90 bits per heavy atom. The molecule has 2 unspecified atom stereocenters. The Labute approximate surface area is 122 Å². The molecule has 0 fully saturated rings. The van der Waals surface area contributed by atoms with Gasteiger partial charge >= 0.3 is 0 Å². The van der Waals surface area contributed by atoms with E-state index < -0.39 is 0 Å². The van der Waals surface area contributed by atoms with Crippen molar-refractivity contribution in [3.8, 4) is 0 Å². The summed E-state index contributed by atoms with van der Waals surface area (Å²) in [4.78, 5) is 12.3. The predicted molar refractivity (Wildman–Crippen MR) is 83.8 cm³/mol. The fraction of sp³-hybridized carbons (Fsp3) is 0.588. The molecule has 1 aromatic rings. The van der Waals surface area contributed by atoms with Gasteiger partial charge in [-0.2, -0.15) is 0 Å². The third kappa shape index (κ3) is 3.75. The largest absolute Gasteiger partial charge is 0.382 e. The number of para-hydroxylation sites is 1. The lowest BCUT2D eigenvalue weighted by atomic mass is 9.87. The van der Waals surface area contributed by atoms with Crippen LogP contribution in [-0.4, -0.2) is 18.5 Å². The van der Waals surface area contributed by atoms with E-state index in [1.54, 1.807) is 0 Å². The molecule has 1 aliphatic rings. The van der Waals surface area contributed by atoms with Crippen LogP contribution in [0.3, 0.4) is 0 Å². The van der Waals surface area contributed by atoms with Crippen molar-refractivity contribution in [1.82, 2.24) is 5.32 Å². The molecule has 3 heteroatoms. The van der Waals surface area contributed by atoms with Crippen molar-refractivity contribution in [2.45, 2.75) is 46.1 Å². The van der Waals surface area contributed by atoms with Gasteiger partial charge in [0.2, 0.25) is 5.91 Å². The second-order valence-corrected chi connectivity index (χ2v) is 6.23. The molecule has 2 rings (SSSR count). The highest BCUT2D eigenvalue weighted by molar-refractivity contribution is 5.81. The van der Waals surface area contributed by atoms with Gasteiger partial charge < -0.3 is 10.6 Å². The van der Waals surface area contributed by atoms with Crippen LogP contribution in [0, 0.1) is 11.8 Å². The van der Waals surface area contributed by atoms with E-state index in [2.05, 4.69) is 43.5 Å². The summed E-state index contributed by atoms with van der Waals surface area (Å²) in [5.74, 6) is 0.918. The van der Waals surface area contributed by atoms with E-state index >= 15 is 0 Å². The molecule has 110 valence electrons. The van der Waals surface area contributed by atoms with Crippen LogP contribution in [0.2, 0.25) is 0 Å². The van der Waals surface area contributed by atoms with Gasteiger partial charge in [0.25, 0.3) is 0 Å². The second kappa shape index (κ2) is 6.78. The van der Waals surface area contributed by atoms with Gasteiger partial charge in [-0.25, -0.2) is 0 Å². The molecule has 0 radical (unpaired) electrons. The van der Waals surface area contributed by atoms with Crippen molar-refractivity contribution in [2.24, 2.45) is 11.8 Å². The quantitative estimate of drug-likeness (QED) is 0.810. The number of fused-ring (bicyclic) bond motifs is 1. The predicted octanol–water partition coefficient (Wildman–Crippen LogP) is 3.21. The summed E-state index contributed by atoms with van der Waals surface area (Å²) in [5.41, 5.74) is 2.41. The Morgan fingerprint density at radius 2 is 2.15 bits per heavy atom. The number of rotatable bonds is 5. The molecule has 0 aliphatic carbocycles. The summed E-state index contributed by atoms with van der Waals surface area (Å²) in [6, 6.07) is 8.45. The zero-order valence-electron chi connectivity index (χ0n) is 12.8. The van der Waals surface area contributed by atoms with Crippen LogP contribution in [-0.2, 0) is 11.2 Å². The number of anilines is 1. The molecule has 0 saturated carbocycles. The number of hydrogen-bond donors (Lipinski definition) is 2. The van der Waals surface area contributed by atoms with Crippen LogP contribution in [0.1, 0.15) is 39.2 Å². The summed E-state index contributed by atoms with van der Waals surface area (Å²) >= 11 is 0. The molecular formula is C17H26N2O. The maximum absolute atomic E-state index is 12.3. The monoisotopic (exact) mass is 274 g/mol. The van der Waals surface area contributed by atoms with E-state index in [-0.39, 0.29) is 17.9 Å². The van der Waals surface area contributed by atoms with Gasteiger partial charge in [0, 0.05) is 18.3 Å². The van der Waals surface area contributed by atoms with E-state index in [1.165, 1.54) is 17.7 Å². The molecule has 2 N–H and O–H groups in total. The van der Waals surface area contributed by atoms with Gasteiger partial charge in [-0.15, -0.1) is 0 Å². The lowest BCUT2D eigenvalue weighted by Gasteiger charge is -2.31. The van der Waals surface area contributed by atoms with Gasteiger partial charge in [0.05, 0.1) is 5.92 Å². The third-order valence-corrected chi connectivity index (χ3v) is 4.04. The van der Waals surface area contributed by atoms with Crippen LogP contribution in [0.5, 0.6) is 0 Å². The zero-order chi connectivity index (χ0) is 14.5. The Kier molecular flexibility index (Phi) is 5.05. The Balaban J connectivity index is 1.88. The van der Waals surface area contributed by atoms with Crippen LogP contribution in [0.4, 0.5) is 5.69 Å². The number of benzene rings is 1. The molecule has 1 amide bonds. The van der Waals surface area contributed by atoms with Gasteiger partial charge in [-0.3, -0.25) is 4.79 Å². The lowest BCUT2D eigenvalue weighted by Crippen LogP contribution is -2.43. The Morgan fingerprint density at radius 1 is 1.40 bits per heavy atom. The SMILES string of the molecule is CC(C)CCCNC(=O)C1Cc2ccccc2NC1C. The van der Waals surface area contributed by atoms with Crippen LogP contribution in [0.15, 0.2) is 24.3 Å². The summed E-state index contributed by atoms with van der Waals surface area (Å²) in [6.07, 6.45) is 3.07. The van der Waals surface area contributed by atoms with Crippen LogP contribution in [0.25, 0.3) is 0 Å². The lowest BCUT2D eigenvalue weighted by molar-refractivity contribution is -0.125. The highest BCUT2D eigenvalue weighted by Crippen LogP contribution is 2.28. The van der Waals surface area contributed by atoms with Gasteiger partial charge in [-0.1, -0.05) is 32.0 Å². The molecular weight excluding hydrogens is 248 g/mol. The van der Waals surface area contributed by atoms with Gasteiger partial charge in [0.15, 0.2) is 0 Å². The van der Waals surface area contributed by atoms with Crippen molar-refractivity contribution in [3.05, 3.63) is 29.8 Å². The molecule has 3 nitrogen and oxygen atoms in total. The van der Waals surface area contributed by atoms with Gasteiger partial charge in [-0.05, 0) is 43.7 Å². The Bertz CT molecular complexity index is 456. The van der Waals surface area contributed by atoms with Crippen molar-refractivity contribution >= 4 is 11.6 Å². The minimum absolute atomic E-state index is 0.0314. The normalized spacial score (nSPS) is 21.2. The zero-order valence-corrected chi connectivity index (χ0v) is 12.8. The number of amides is 1. The average Bonchev–Trinajstić information content (AvgIpc) is 2.42.